The molecule has 50 heavy (non-hydrogen) atoms. The zero-order valence-corrected chi connectivity index (χ0v) is 29.4. The number of piperidine rings is 1. The van der Waals surface area contributed by atoms with Crippen LogP contribution in [0.2, 0.25) is 0 Å². The predicted octanol–water partition coefficient (Wildman–Crippen LogP) is 5.41. The van der Waals surface area contributed by atoms with Crippen LogP contribution in [0.5, 0.6) is 5.75 Å². The Morgan fingerprint density at radius 2 is 1.82 bits per heavy atom. The van der Waals surface area contributed by atoms with Crippen molar-refractivity contribution in [3.63, 3.8) is 0 Å². The highest BCUT2D eigenvalue weighted by Gasteiger charge is 2.32. The number of rotatable bonds is 9. The van der Waals surface area contributed by atoms with Crippen molar-refractivity contribution in [2.24, 2.45) is 0 Å². The van der Waals surface area contributed by atoms with Gasteiger partial charge in [0.1, 0.15) is 24.1 Å². The van der Waals surface area contributed by atoms with Gasteiger partial charge in [0.15, 0.2) is 15.6 Å². The molecule has 1 N–H and O–H groups in total. The fraction of sp³-hybridized carbons (Fsp3) is 0.471. The molecule has 2 atom stereocenters. The number of nitrogens with zero attached hydrogens (tertiary/aromatic N) is 3. The van der Waals surface area contributed by atoms with Crippen molar-refractivity contribution >= 4 is 44.2 Å². The SMILES string of the molecule is COC(=O)CS(=O)(=O)c1ccc(N(CC#Cc2cc3c(N[C@@H]4CCN(C)C[C@@H]4F)cccc3n2CC(F)(F)F)C(=O)OC(C)(C)C)c(OC)c1. The zero-order chi connectivity index (χ0) is 37.0. The van der Waals surface area contributed by atoms with Crippen LogP contribution in [-0.2, 0) is 30.7 Å². The Morgan fingerprint density at radius 1 is 1.10 bits per heavy atom. The molecule has 1 aromatic heterocycles. The summed E-state index contributed by atoms with van der Waals surface area (Å²) >= 11 is 0. The summed E-state index contributed by atoms with van der Waals surface area (Å²) < 4.78 is 98.3. The van der Waals surface area contributed by atoms with Crippen molar-refractivity contribution in [2.45, 2.75) is 62.6 Å². The van der Waals surface area contributed by atoms with Gasteiger partial charge < -0.3 is 29.0 Å². The van der Waals surface area contributed by atoms with Gasteiger partial charge in [-0.3, -0.25) is 9.69 Å². The van der Waals surface area contributed by atoms with Crippen molar-refractivity contribution in [3.8, 4) is 17.6 Å². The van der Waals surface area contributed by atoms with Gasteiger partial charge in [-0.05, 0) is 70.5 Å². The molecule has 1 amide bonds. The number of hydrogen-bond acceptors (Lipinski definition) is 9. The molecular weight excluding hydrogens is 684 g/mol. The minimum atomic E-state index is -4.60. The number of hydrogen-bond donors (Lipinski definition) is 1. The van der Waals surface area contributed by atoms with Crippen LogP contribution < -0.4 is 15.0 Å². The molecule has 1 aliphatic rings. The lowest BCUT2D eigenvalue weighted by Crippen LogP contribution is -2.46. The summed E-state index contributed by atoms with van der Waals surface area (Å²) in [6.45, 7) is 4.02. The Hall–Kier alpha value is -4.49. The topological polar surface area (TPSA) is 119 Å². The molecule has 0 unspecified atom stereocenters. The lowest BCUT2D eigenvalue weighted by atomic mass is 10.0. The number of alkyl halides is 4. The number of benzene rings is 2. The molecule has 1 aliphatic heterocycles. The smallest absolute Gasteiger partial charge is 0.415 e. The number of esters is 1. The first kappa shape index (κ1) is 38.3. The maximum atomic E-state index is 14.9. The molecule has 0 radical (unpaired) electrons. The summed E-state index contributed by atoms with van der Waals surface area (Å²) in [5, 5.41) is 3.59. The third-order valence-electron chi connectivity index (χ3n) is 7.77. The average Bonchev–Trinajstić information content (AvgIpc) is 3.35. The fourth-order valence-corrected chi connectivity index (χ4v) is 6.59. The maximum Gasteiger partial charge on any atom is 0.415 e. The molecule has 11 nitrogen and oxygen atoms in total. The quantitative estimate of drug-likeness (QED) is 0.176. The average molecular weight is 725 g/mol. The van der Waals surface area contributed by atoms with Crippen LogP contribution in [0.3, 0.4) is 0 Å². The van der Waals surface area contributed by atoms with Gasteiger partial charge in [-0.15, -0.1) is 0 Å². The lowest BCUT2D eigenvalue weighted by Gasteiger charge is -2.33. The molecule has 0 saturated carbocycles. The number of ether oxygens (including phenoxy) is 3. The van der Waals surface area contributed by atoms with Gasteiger partial charge in [0.25, 0.3) is 0 Å². The summed E-state index contributed by atoms with van der Waals surface area (Å²) in [4.78, 5) is 27.7. The van der Waals surface area contributed by atoms with Gasteiger partial charge in [-0.1, -0.05) is 12.0 Å². The number of carbonyl (C=O) groups is 2. The Bertz CT molecular complexity index is 1890. The van der Waals surface area contributed by atoms with E-state index in [1.165, 1.54) is 31.4 Å². The maximum absolute atomic E-state index is 14.9. The monoisotopic (exact) mass is 724 g/mol. The molecule has 3 aromatic rings. The van der Waals surface area contributed by atoms with E-state index in [1.807, 2.05) is 11.9 Å². The van der Waals surface area contributed by atoms with Crippen LogP contribution in [-0.4, -0.2) is 101 Å². The normalized spacial score (nSPS) is 17.1. The van der Waals surface area contributed by atoms with Crippen LogP contribution in [0, 0.1) is 11.8 Å². The summed E-state index contributed by atoms with van der Waals surface area (Å²) in [7, 11) is -0.0267. The fourth-order valence-electron chi connectivity index (χ4n) is 5.43. The predicted molar refractivity (Wildman–Crippen MR) is 180 cm³/mol. The Kier molecular flexibility index (Phi) is 11.6. The van der Waals surface area contributed by atoms with Gasteiger partial charge in [-0.2, -0.15) is 13.2 Å². The number of anilines is 2. The van der Waals surface area contributed by atoms with E-state index >= 15 is 0 Å². The Balaban J connectivity index is 1.75. The first-order valence-electron chi connectivity index (χ1n) is 15.6. The highest BCUT2D eigenvalue weighted by Crippen LogP contribution is 2.34. The Morgan fingerprint density at radius 3 is 2.44 bits per heavy atom. The molecule has 0 bridgehead atoms. The van der Waals surface area contributed by atoms with Crippen molar-refractivity contribution in [1.82, 2.24) is 9.47 Å². The van der Waals surface area contributed by atoms with E-state index in [-0.39, 0.29) is 34.1 Å². The second-order valence-electron chi connectivity index (χ2n) is 12.8. The number of halogens is 4. The van der Waals surface area contributed by atoms with Crippen molar-refractivity contribution < 1.29 is 49.8 Å². The van der Waals surface area contributed by atoms with E-state index in [0.717, 1.165) is 22.6 Å². The van der Waals surface area contributed by atoms with Gasteiger partial charge in [0.2, 0.25) is 0 Å². The third kappa shape index (κ3) is 9.60. The first-order valence-corrected chi connectivity index (χ1v) is 17.2. The highest BCUT2D eigenvalue weighted by molar-refractivity contribution is 7.92. The molecule has 4 rings (SSSR count). The van der Waals surface area contributed by atoms with Crippen LogP contribution in [0.1, 0.15) is 32.9 Å². The highest BCUT2D eigenvalue weighted by atomic mass is 32.2. The van der Waals surface area contributed by atoms with Crippen LogP contribution >= 0.6 is 0 Å². The van der Waals surface area contributed by atoms with E-state index in [4.69, 9.17) is 9.47 Å². The second-order valence-corrected chi connectivity index (χ2v) is 14.8. The molecule has 0 spiro atoms. The molecule has 1 fully saturated rings. The van der Waals surface area contributed by atoms with Gasteiger partial charge in [-0.25, -0.2) is 17.6 Å². The lowest BCUT2D eigenvalue weighted by molar-refractivity contribution is -0.140. The minimum absolute atomic E-state index is 0.00731. The van der Waals surface area contributed by atoms with Gasteiger partial charge in [0.05, 0.1) is 48.6 Å². The van der Waals surface area contributed by atoms with Crippen LogP contribution in [0.4, 0.5) is 33.7 Å². The number of fused-ring (bicyclic) bond motifs is 1. The van der Waals surface area contributed by atoms with E-state index in [9.17, 15) is 35.6 Å². The van der Waals surface area contributed by atoms with Gasteiger partial charge in [0, 0.05) is 30.2 Å². The summed E-state index contributed by atoms with van der Waals surface area (Å²) in [5.41, 5.74) is -0.226. The summed E-state index contributed by atoms with van der Waals surface area (Å²) in [6.07, 6.45) is -6.17. The molecule has 16 heteroatoms. The van der Waals surface area contributed by atoms with E-state index in [1.54, 1.807) is 32.9 Å². The minimum Gasteiger partial charge on any atom is -0.495 e. The Labute approximate surface area is 288 Å². The van der Waals surface area contributed by atoms with Gasteiger partial charge >= 0.3 is 18.2 Å². The van der Waals surface area contributed by atoms with Crippen LogP contribution in [0.25, 0.3) is 10.9 Å². The van der Waals surface area contributed by atoms with Crippen LogP contribution in [0.15, 0.2) is 47.4 Å². The van der Waals surface area contributed by atoms with E-state index < -0.39 is 64.7 Å². The number of aromatic nitrogens is 1. The molecule has 1 saturated heterocycles. The number of sulfone groups is 1. The molecular formula is C34H40F4N4O7S. The molecule has 272 valence electrons. The number of methoxy groups -OCH3 is 2. The van der Waals surface area contributed by atoms with E-state index in [0.29, 0.717) is 24.0 Å². The summed E-state index contributed by atoms with van der Waals surface area (Å²) in [5.74, 6) is 3.54. The van der Waals surface area contributed by atoms with E-state index in [2.05, 4.69) is 21.9 Å². The van der Waals surface area contributed by atoms with Crippen molar-refractivity contribution in [1.29, 1.82) is 0 Å². The number of likely N-dealkylation sites (tertiary alicyclic amines) is 1. The summed E-state index contributed by atoms with van der Waals surface area (Å²) in [6, 6.07) is 9.30. The zero-order valence-electron chi connectivity index (χ0n) is 28.6. The standard InChI is InChI=1S/C34H40F4N4O7S/c1-33(2,3)49-32(44)41(29-13-12-23(18-30(29)47-5)50(45,46)20-31(43)48-6)15-8-9-22-17-24-26(39-27-14-16-40(4)19-25(27)35)10-7-11-28(24)42(22)21-34(36,37)38/h7,10-13,17-18,25,27,39H,14-16,19-21H2,1-6H3/t25-,27+/m0/s1. The number of carbonyl (C=O) groups excluding carboxylic acids is 2. The number of nitrogens with one attached hydrogen (secondary N) is 1. The number of amides is 1. The molecule has 2 aromatic carbocycles. The molecule has 0 aliphatic carbocycles. The molecule has 2 heterocycles. The first-order chi connectivity index (χ1) is 23.3. The largest absolute Gasteiger partial charge is 0.495 e. The van der Waals surface area contributed by atoms with Crippen molar-refractivity contribution in [3.05, 3.63) is 48.2 Å². The second kappa shape index (κ2) is 15.2. The van der Waals surface area contributed by atoms with Crippen molar-refractivity contribution in [2.75, 3.05) is 56.9 Å². The third-order valence-corrected chi connectivity index (χ3v) is 9.36.